The second-order valence-corrected chi connectivity index (χ2v) is 4.02. The van der Waals surface area contributed by atoms with Crippen molar-refractivity contribution in [1.29, 1.82) is 0 Å². The van der Waals surface area contributed by atoms with Gasteiger partial charge in [0.15, 0.2) is 5.69 Å². The average molecular weight is 358 g/mol. The highest BCUT2D eigenvalue weighted by atomic mass is 35.5. The highest BCUT2D eigenvalue weighted by Gasteiger charge is 2.11. The quantitative estimate of drug-likeness (QED) is 0.825. The first kappa shape index (κ1) is 21.2. The molecule has 0 aromatic carbocycles. The van der Waals surface area contributed by atoms with Gasteiger partial charge in [-0.2, -0.15) is 0 Å². The van der Waals surface area contributed by atoms with Gasteiger partial charge in [-0.05, 0) is 25.1 Å². The number of rotatable bonds is 1. The largest absolute Gasteiger partial charge is 0.476 e. The summed E-state index contributed by atoms with van der Waals surface area (Å²) in [5, 5.41) is 8.65. The number of nitrogens with zero attached hydrogens (tertiary/aromatic N) is 2. The minimum Gasteiger partial charge on any atom is -0.476 e. The van der Waals surface area contributed by atoms with Gasteiger partial charge in [-0.1, -0.05) is 29.3 Å². The summed E-state index contributed by atoms with van der Waals surface area (Å²) >= 11 is 11.0. The number of hydrogen-bond acceptors (Lipinski definition) is 3. The first-order valence-electron chi connectivity index (χ1n) is 4.93. The van der Waals surface area contributed by atoms with E-state index in [0.717, 1.165) is 5.69 Å². The highest BCUT2D eigenvalue weighted by Crippen LogP contribution is 2.23. The van der Waals surface area contributed by atoms with Crippen molar-refractivity contribution < 1.29 is 9.90 Å². The van der Waals surface area contributed by atoms with Crippen LogP contribution in [0.15, 0.2) is 36.7 Å². The van der Waals surface area contributed by atoms with E-state index in [2.05, 4.69) is 9.97 Å². The molecule has 2 heterocycles. The number of carbonyl (C=O) groups is 1. The SMILES string of the molecule is Cc1ccccn1.Cl.Cl.O=C(O)c1nccc(Cl)c1Cl. The van der Waals surface area contributed by atoms with Crippen LogP contribution in [0.3, 0.4) is 0 Å². The molecule has 0 spiro atoms. The van der Waals surface area contributed by atoms with Crippen LogP contribution >= 0.6 is 48.0 Å². The first-order chi connectivity index (χ1) is 8.52. The van der Waals surface area contributed by atoms with Crippen molar-refractivity contribution in [3.63, 3.8) is 0 Å². The Hall–Kier alpha value is -1.07. The topological polar surface area (TPSA) is 63.1 Å². The summed E-state index contributed by atoms with van der Waals surface area (Å²) in [6, 6.07) is 7.28. The highest BCUT2D eigenvalue weighted by molar-refractivity contribution is 6.43. The van der Waals surface area contributed by atoms with E-state index in [4.69, 9.17) is 28.3 Å². The van der Waals surface area contributed by atoms with Crippen LogP contribution < -0.4 is 0 Å². The summed E-state index contributed by atoms with van der Waals surface area (Å²) in [7, 11) is 0. The Morgan fingerprint density at radius 3 is 2.10 bits per heavy atom. The zero-order chi connectivity index (χ0) is 13.5. The van der Waals surface area contributed by atoms with Crippen LogP contribution in [0.2, 0.25) is 10.0 Å². The fourth-order valence-electron chi connectivity index (χ4n) is 1.02. The van der Waals surface area contributed by atoms with Gasteiger partial charge in [0.2, 0.25) is 0 Å². The van der Waals surface area contributed by atoms with Crippen LogP contribution in [0.1, 0.15) is 16.2 Å². The van der Waals surface area contributed by atoms with Crippen LogP contribution in [-0.2, 0) is 0 Å². The number of aryl methyl sites for hydroxylation is 1. The first-order valence-corrected chi connectivity index (χ1v) is 5.69. The standard InChI is InChI=1S/C6H3Cl2NO2.C6H7N.2ClH/c7-3-1-2-9-5(4(3)8)6(10)11;1-6-4-2-3-5-7-6;;/h1-2H,(H,10,11);2-5H,1H3;2*1H. The summed E-state index contributed by atoms with van der Waals surface area (Å²) in [6.07, 6.45) is 3.08. The molecule has 2 aromatic heterocycles. The van der Waals surface area contributed by atoms with E-state index in [-0.39, 0.29) is 40.6 Å². The lowest BCUT2D eigenvalue weighted by Gasteiger charge is -1.97. The molecule has 1 N–H and O–H groups in total. The Morgan fingerprint density at radius 1 is 1.10 bits per heavy atom. The number of halogens is 4. The molecule has 0 atom stereocenters. The molecule has 2 rings (SSSR count). The Kier molecular flexibility index (Phi) is 11.3. The van der Waals surface area contributed by atoms with E-state index >= 15 is 0 Å². The van der Waals surface area contributed by atoms with Gasteiger partial charge in [-0.25, -0.2) is 9.78 Å². The molecule has 0 radical (unpaired) electrons. The van der Waals surface area contributed by atoms with Crippen LogP contribution in [0.4, 0.5) is 0 Å². The minimum atomic E-state index is -1.18. The number of aromatic nitrogens is 2. The molecule has 0 unspecified atom stereocenters. The van der Waals surface area contributed by atoms with E-state index in [9.17, 15) is 4.79 Å². The molecular weight excluding hydrogens is 346 g/mol. The summed E-state index contributed by atoms with van der Waals surface area (Å²) in [4.78, 5) is 17.9. The van der Waals surface area contributed by atoms with Crippen molar-refractivity contribution in [1.82, 2.24) is 9.97 Å². The maximum absolute atomic E-state index is 10.4. The Labute approximate surface area is 139 Å². The summed E-state index contributed by atoms with van der Waals surface area (Å²) in [5.41, 5.74) is 0.849. The number of aromatic carboxylic acids is 1. The van der Waals surface area contributed by atoms with E-state index in [0.29, 0.717) is 0 Å². The van der Waals surface area contributed by atoms with Gasteiger partial charge in [-0.3, -0.25) is 4.98 Å². The lowest BCUT2D eigenvalue weighted by Crippen LogP contribution is -2.00. The van der Waals surface area contributed by atoms with Gasteiger partial charge in [0.05, 0.1) is 10.0 Å². The fourth-order valence-corrected chi connectivity index (χ4v) is 1.36. The third-order valence-electron chi connectivity index (χ3n) is 1.86. The predicted octanol–water partition coefficient (Wildman–Crippen LogP) is 4.32. The molecule has 0 aliphatic rings. The monoisotopic (exact) mass is 356 g/mol. The summed E-state index contributed by atoms with van der Waals surface area (Å²) in [5.74, 6) is -1.18. The normalized spacial score (nSPS) is 8.35. The van der Waals surface area contributed by atoms with Gasteiger partial charge in [0.1, 0.15) is 0 Å². The van der Waals surface area contributed by atoms with Crippen LogP contribution in [0.25, 0.3) is 0 Å². The van der Waals surface area contributed by atoms with Crippen molar-refractivity contribution in [2.75, 3.05) is 0 Å². The molecule has 0 amide bonds. The smallest absolute Gasteiger partial charge is 0.356 e. The Balaban J connectivity index is 0. The lowest BCUT2D eigenvalue weighted by molar-refractivity contribution is 0.0690. The second kappa shape index (κ2) is 10.7. The summed E-state index contributed by atoms with van der Waals surface area (Å²) < 4.78 is 0. The van der Waals surface area contributed by atoms with Crippen molar-refractivity contribution in [2.24, 2.45) is 0 Å². The third kappa shape index (κ3) is 6.91. The molecule has 0 saturated heterocycles. The van der Waals surface area contributed by atoms with Crippen molar-refractivity contribution in [3.05, 3.63) is 58.1 Å². The van der Waals surface area contributed by atoms with E-state index in [1.54, 1.807) is 6.20 Å². The number of pyridine rings is 2. The Bertz CT molecular complexity index is 538. The Morgan fingerprint density at radius 2 is 1.75 bits per heavy atom. The molecular formula is C12H12Cl4N2O2. The molecule has 8 heteroatoms. The maximum Gasteiger partial charge on any atom is 0.356 e. The van der Waals surface area contributed by atoms with E-state index in [1.165, 1.54) is 12.3 Å². The van der Waals surface area contributed by atoms with E-state index < -0.39 is 5.97 Å². The van der Waals surface area contributed by atoms with Gasteiger partial charge in [-0.15, -0.1) is 24.8 Å². The molecule has 2 aromatic rings. The van der Waals surface area contributed by atoms with Gasteiger partial charge in [0, 0.05) is 18.1 Å². The van der Waals surface area contributed by atoms with Gasteiger partial charge in [0.25, 0.3) is 0 Å². The van der Waals surface area contributed by atoms with E-state index in [1.807, 2.05) is 25.1 Å². The van der Waals surface area contributed by atoms with Crippen molar-refractivity contribution in [2.45, 2.75) is 6.92 Å². The molecule has 0 fully saturated rings. The number of carboxylic acids is 1. The molecule has 0 bridgehead atoms. The lowest BCUT2D eigenvalue weighted by atomic mass is 10.3. The van der Waals surface area contributed by atoms with Crippen LogP contribution in [0, 0.1) is 6.92 Å². The summed E-state index contributed by atoms with van der Waals surface area (Å²) in [6.45, 7) is 1.97. The predicted molar refractivity (Wildman–Crippen MR) is 84.7 cm³/mol. The number of carboxylic acid groups (broad SMARTS) is 1. The maximum atomic E-state index is 10.4. The third-order valence-corrected chi connectivity index (χ3v) is 2.65. The van der Waals surface area contributed by atoms with Crippen LogP contribution in [-0.4, -0.2) is 21.0 Å². The molecule has 0 saturated carbocycles. The average Bonchev–Trinajstić information content (AvgIpc) is 2.34. The second-order valence-electron chi connectivity index (χ2n) is 3.23. The van der Waals surface area contributed by atoms with Gasteiger partial charge < -0.3 is 5.11 Å². The molecule has 4 nitrogen and oxygen atoms in total. The zero-order valence-electron chi connectivity index (χ0n) is 10.3. The van der Waals surface area contributed by atoms with Crippen molar-refractivity contribution in [3.8, 4) is 0 Å². The van der Waals surface area contributed by atoms with Crippen LogP contribution in [0.5, 0.6) is 0 Å². The molecule has 110 valence electrons. The fraction of sp³-hybridized carbons (Fsp3) is 0.0833. The minimum absolute atomic E-state index is 0. The zero-order valence-corrected chi connectivity index (χ0v) is 13.4. The van der Waals surface area contributed by atoms with Crippen molar-refractivity contribution >= 4 is 54.0 Å². The van der Waals surface area contributed by atoms with Gasteiger partial charge >= 0.3 is 5.97 Å². The number of hydrogen-bond donors (Lipinski definition) is 1. The molecule has 0 aliphatic heterocycles. The molecule has 20 heavy (non-hydrogen) atoms. The molecule has 0 aliphatic carbocycles.